The fraction of sp³-hybridized carbons (Fsp3) is 0.294. The summed E-state index contributed by atoms with van der Waals surface area (Å²) in [5, 5.41) is 3.20. The van der Waals surface area contributed by atoms with E-state index < -0.39 is 0 Å². The Bertz CT molecular complexity index is 584. The van der Waals surface area contributed by atoms with Crippen LogP contribution in [0.2, 0.25) is 0 Å². The number of methoxy groups -OCH3 is 1. The first-order valence-electron chi connectivity index (χ1n) is 6.84. The lowest BCUT2D eigenvalue weighted by Crippen LogP contribution is -2.23. The van der Waals surface area contributed by atoms with Gasteiger partial charge >= 0.3 is 0 Å². The van der Waals surface area contributed by atoms with Crippen LogP contribution in [0.4, 0.5) is 4.39 Å². The van der Waals surface area contributed by atoms with E-state index in [2.05, 4.69) is 5.32 Å². The van der Waals surface area contributed by atoms with E-state index in [1.165, 1.54) is 12.1 Å². The molecule has 3 nitrogen and oxygen atoms in total. The van der Waals surface area contributed by atoms with Crippen LogP contribution in [0.1, 0.15) is 17.2 Å². The van der Waals surface area contributed by atoms with Crippen LogP contribution in [-0.2, 0) is 0 Å². The molecule has 0 spiro atoms. The van der Waals surface area contributed by atoms with Crippen LogP contribution < -0.4 is 14.8 Å². The molecule has 0 radical (unpaired) electrons. The van der Waals surface area contributed by atoms with Gasteiger partial charge in [0.25, 0.3) is 0 Å². The molecule has 0 aliphatic rings. The molecule has 0 bridgehead atoms. The molecular formula is C17H20FNO2. The summed E-state index contributed by atoms with van der Waals surface area (Å²) in [4.78, 5) is 0. The van der Waals surface area contributed by atoms with E-state index in [4.69, 9.17) is 9.47 Å². The summed E-state index contributed by atoms with van der Waals surface area (Å²) in [6.45, 7) is 2.32. The fourth-order valence-electron chi connectivity index (χ4n) is 2.08. The highest BCUT2D eigenvalue weighted by atomic mass is 19.1. The minimum atomic E-state index is -0.291. The van der Waals surface area contributed by atoms with Crippen LogP contribution in [0, 0.1) is 12.7 Å². The lowest BCUT2D eigenvalue weighted by atomic mass is 10.1. The van der Waals surface area contributed by atoms with Crippen molar-refractivity contribution in [3.05, 3.63) is 59.4 Å². The maximum atomic E-state index is 13.3. The van der Waals surface area contributed by atoms with Gasteiger partial charge in [-0.05, 0) is 43.3 Å². The van der Waals surface area contributed by atoms with Gasteiger partial charge in [-0.3, -0.25) is 0 Å². The highest BCUT2D eigenvalue weighted by Gasteiger charge is 2.11. The van der Waals surface area contributed by atoms with Crippen molar-refractivity contribution in [2.75, 3.05) is 20.8 Å². The van der Waals surface area contributed by atoms with Crippen LogP contribution >= 0.6 is 0 Å². The maximum absolute atomic E-state index is 13.3. The number of hydrogen-bond donors (Lipinski definition) is 1. The van der Waals surface area contributed by atoms with E-state index in [0.29, 0.717) is 12.4 Å². The van der Waals surface area contributed by atoms with Gasteiger partial charge in [0.05, 0.1) is 13.2 Å². The second kappa shape index (κ2) is 7.09. The second-order valence-corrected chi connectivity index (χ2v) is 4.84. The summed E-state index contributed by atoms with van der Waals surface area (Å²) < 4.78 is 24.1. The molecule has 4 heteroatoms. The number of aryl methyl sites for hydroxylation is 1. The van der Waals surface area contributed by atoms with Gasteiger partial charge in [0.2, 0.25) is 0 Å². The quantitative estimate of drug-likeness (QED) is 0.883. The van der Waals surface area contributed by atoms with Crippen molar-refractivity contribution in [2.24, 2.45) is 0 Å². The topological polar surface area (TPSA) is 30.5 Å². The summed E-state index contributed by atoms with van der Waals surface area (Å²) in [5.41, 5.74) is 2.01. The molecule has 0 saturated heterocycles. The number of ether oxygens (including phenoxy) is 2. The first-order valence-corrected chi connectivity index (χ1v) is 6.84. The van der Waals surface area contributed by atoms with Crippen LogP contribution in [0.25, 0.3) is 0 Å². The summed E-state index contributed by atoms with van der Waals surface area (Å²) in [6, 6.07) is 12.4. The predicted molar refractivity (Wildman–Crippen MR) is 81.4 cm³/mol. The van der Waals surface area contributed by atoms with Gasteiger partial charge in [0.15, 0.2) is 0 Å². The van der Waals surface area contributed by atoms with E-state index in [1.54, 1.807) is 13.2 Å². The van der Waals surface area contributed by atoms with Crippen molar-refractivity contribution in [2.45, 2.75) is 13.0 Å². The molecule has 0 amide bonds. The highest BCUT2D eigenvalue weighted by molar-refractivity contribution is 5.33. The molecule has 1 N–H and O–H groups in total. The molecule has 0 aromatic heterocycles. The second-order valence-electron chi connectivity index (χ2n) is 4.84. The zero-order chi connectivity index (χ0) is 15.2. The zero-order valence-corrected chi connectivity index (χ0v) is 12.5. The maximum Gasteiger partial charge on any atom is 0.126 e. The fourth-order valence-corrected chi connectivity index (χ4v) is 2.08. The van der Waals surface area contributed by atoms with Crippen LogP contribution in [0.5, 0.6) is 11.5 Å². The average molecular weight is 289 g/mol. The van der Waals surface area contributed by atoms with E-state index in [1.807, 2.05) is 38.2 Å². The number of likely N-dealkylation sites (N-methyl/N-ethyl adjacent to an activating group) is 1. The highest BCUT2D eigenvalue weighted by Crippen LogP contribution is 2.22. The Kier molecular flexibility index (Phi) is 5.17. The third-order valence-corrected chi connectivity index (χ3v) is 3.42. The molecule has 21 heavy (non-hydrogen) atoms. The first-order chi connectivity index (χ1) is 10.1. The van der Waals surface area contributed by atoms with E-state index in [0.717, 1.165) is 16.9 Å². The van der Waals surface area contributed by atoms with Gasteiger partial charge < -0.3 is 14.8 Å². The van der Waals surface area contributed by atoms with E-state index in [9.17, 15) is 4.39 Å². The van der Waals surface area contributed by atoms with E-state index in [-0.39, 0.29) is 11.9 Å². The Morgan fingerprint density at radius 3 is 2.48 bits per heavy atom. The molecule has 0 aliphatic carbocycles. The Balaban J connectivity index is 2.06. The summed E-state index contributed by atoms with van der Waals surface area (Å²) >= 11 is 0. The minimum absolute atomic E-state index is 0.0265. The van der Waals surface area contributed by atoms with Gasteiger partial charge in [-0.25, -0.2) is 4.39 Å². The minimum Gasteiger partial charge on any atom is -0.497 e. The molecule has 1 atom stereocenters. The van der Waals surface area contributed by atoms with Crippen molar-refractivity contribution in [3.8, 4) is 11.5 Å². The molecule has 1 unspecified atom stereocenters. The molecule has 112 valence electrons. The molecule has 0 aliphatic heterocycles. The standard InChI is InChI=1S/C17H20FNO2/c1-12-4-7-14(18)10-17(12)21-11-16(19-2)13-5-8-15(20-3)9-6-13/h4-10,16,19H,11H2,1-3H3. The molecule has 2 aromatic carbocycles. The predicted octanol–water partition coefficient (Wildman–Crippen LogP) is 3.48. The van der Waals surface area contributed by atoms with Crippen LogP contribution in [-0.4, -0.2) is 20.8 Å². The van der Waals surface area contributed by atoms with Crippen molar-refractivity contribution < 1.29 is 13.9 Å². The molecule has 0 fully saturated rings. The lowest BCUT2D eigenvalue weighted by molar-refractivity contribution is 0.270. The third-order valence-electron chi connectivity index (χ3n) is 3.42. The Morgan fingerprint density at radius 2 is 1.86 bits per heavy atom. The Labute approximate surface area is 124 Å². The molecule has 2 rings (SSSR count). The molecule has 2 aromatic rings. The SMILES string of the molecule is CNC(COc1cc(F)ccc1C)c1ccc(OC)cc1. The van der Waals surface area contributed by atoms with E-state index >= 15 is 0 Å². The van der Waals surface area contributed by atoms with Gasteiger partial charge in [0.1, 0.15) is 23.9 Å². The Hall–Kier alpha value is -2.07. The van der Waals surface area contributed by atoms with Crippen LogP contribution in [0.3, 0.4) is 0 Å². The van der Waals surface area contributed by atoms with Crippen LogP contribution in [0.15, 0.2) is 42.5 Å². The molecule has 0 saturated carbocycles. The van der Waals surface area contributed by atoms with Crippen molar-refractivity contribution in [1.82, 2.24) is 5.32 Å². The Morgan fingerprint density at radius 1 is 1.14 bits per heavy atom. The zero-order valence-electron chi connectivity index (χ0n) is 12.5. The number of rotatable bonds is 6. The van der Waals surface area contributed by atoms with Gasteiger partial charge in [-0.1, -0.05) is 18.2 Å². The van der Waals surface area contributed by atoms with Gasteiger partial charge in [-0.15, -0.1) is 0 Å². The summed E-state index contributed by atoms with van der Waals surface area (Å²) in [7, 11) is 3.51. The number of benzene rings is 2. The smallest absolute Gasteiger partial charge is 0.126 e. The number of halogens is 1. The van der Waals surface area contributed by atoms with Gasteiger partial charge in [-0.2, -0.15) is 0 Å². The van der Waals surface area contributed by atoms with Crippen molar-refractivity contribution in [3.63, 3.8) is 0 Å². The molecule has 0 heterocycles. The number of nitrogens with one attached hydrogen (secondary N) is 1. The summed E-state index contributed by atoms with van der Waals surface area (Å²) in [5.74, 6) is 1.10. The number of hydrogen-bond acceptors (Lipinski definition) is 3. The summed E-state index contributed by atoms with van der Waals surface area (Å²) in [6.07, 6.45) is 0. The average Bonchev–Trinajstić information content (AvgIpc) is 2.51. The van der Waals surface area contributed by atoms with Crippen molar-refractivity contribution in [1.29, 1.82) is 0 Å². The third kappa shape index (κ3) is 3.95. The largest absolute Gasteiger partial charge is 0.497 e. The molecular weight excluding hydrogens is 269 g/mol. The normalized spacial score (nSPS) is 12.0. The first kappa shape index (κ1) is 15.3. The van der Waals surface area contributed by atoms with Crippen molar-refractivity contribution >= 4 is 0 Å². The monoisotopic (exact) mass is 289 g/mol. The lowest BCUT2D eigenvalue weighted by Gasteiger charge is -2.18. The van der Waals surface area contributed by atoms with Gasteiger partial charge in [0, 0.05) is 6.07 Å².